The largest absolute Gasteiger partial charge is 0.508 e. The molecule has 2 unspecified atom stereocenters. The summed E-state index contributed by atoms with van der Waals surface area (Å²) >= 11 is 0. The van der Waals surface area contributed by atoms with Crippen LogP contribution in [-0.2, 0) is 4.74 Å². The third-order valence-corrected chi connectivity index (χ3v) is 3.42. The van der Waals surface area contributed by atoms with Crippen LogP contribution in [0.4, 0.5) is 0 Å². The van der Waals surface area contributed by atoms with Gasteiger partial charge >= 0.3 is 0 Å². The lowest BCUT2D eigenvalue weighted by atomic mass is 10.2. The van der Waals surface area contributed by atoms with Crippen LogP contribution < -0.4 is 0 Å². The van der Waals surface area contributed by atoms with Gasteiger partial charge in [0.15, 0.2) is 5.76 Å². The number of amides is 1. The van der Waals surface area contributed by atoms with Crippen LogP contribution >= 0.6 is 0 Å². The minimum absolute atomic E-state index is 0.0242. The van der Waals surface area contributed by atoms with E-state index in [-0.39, 0.29) is 23.9 Å². The van der Waals surface area contributed by atoms with Crippen LogP contribution in [0.2, 0.25) is 0 Å². The van der Waals surface area contributed by atoms with Crippen LogP contribution in [-0.4, -0.2) is 41.2 Å². The third-order valence-electron chi connectivity index (χ3n) is 3.42. The molecule has 0 spiro atoms. The Bertz CT molecular complexity index is 638. The fraction of sp³-hybridized carbons (Fsp3) is 0.400. The summed E-state index contributed by atoms with van der Waals surface area (Å²) in [7, 11) is 0. The quantitative estimate of drug-likeness (QED) is 0.868. The molecular weight excluding hydrogens is 258 g/mol. The fourth-order valence-electron chi connectivity index (χ4n) is 2.64. The minimum atomic E-state index is -0.136. The second kappa shape index (κ2) is 4.83. The second-order valence-electron chi connectivity index (χ2n) is 5.30. The van der Waals surface area contributed by atoms with E-state index in [0.29, 0.717) is 24.4 Å². The van der Waals surface area contributed by atoms with Gasteiger partial charge in [0.2, 0.25) is 0 Å². The zero-order valence-electron chi connectivity index (χ0n) is 11.5. The number of morpholine rings is 1. The molecule has 2 aromatic rings. The topological polar surface area (TPSA) is 62.9 Å². The van der Waals surface area contributed by atoms with Crippen molar-refractivity contribution in [3.63, 3.8) is 0 Å². The molecule has 5 heteroatoms. The van der Waals surface area contributed by atoms with E-state index in [1.165, 1.54) is 0 Å². The highest BCUT2D eigenvalue weighted by molar-refractivity contribution is 5.96. The minimum Gasteiger partial charge on any atom is -0.508 e. The number of aromatic hydroxyl groups is 1. The van der Waals surface area contributed by atoms with Crippen molar-refractivity contribution < 1.29 is 19.1 Å². The highest BCUT2D eigenvalue weighted by atomic mass is 16.5. The molecule has 3 rings (SSSR count). The van der Waals surface area contributed by atoms with E-state index in [0.717, 1.165) is 5.39 Å². The Hall–Kier alpha value is -2.01. The number of carbonyl (C=O) groups excluding carboxylic acids is 1. The maximum atomic E-state index is 12.5. The molecule has 0 saturated carbocycles. The summed E-state index contributed by atoms with van der Waals surface area (Å²) in [5, 5.41) is 10.2. The van der Waals surface area contributed by atoms with Crippen molar-refractivity contribution in [2.45, 2.75) is 26.1 Å². The predicted molar refractivity (Wildman–Crippen MR) is 73.8 cm³/mol. The summed E-state index contributed by atoms with van der Waals surface area (Å²) in [4.78, 5) is 14.2. The molecule has 0 radical (unpaired) electrons. The Morgan fingerprint density at radius 1 is 1.25 bits per heavy atom. The van der Waals surface area contributed by atoms with Crippen LogP contribution in [0, 0.1) is 0 Å². The zero-order valence-corrected chi connectivity index (χ0v) is 11.5. The number of hydrogen-bond donors (Lipinski definition) is 1. The van der Waals surface area contributed by atoms with E-state index in [2.05, 4.69) is 0 Å². The molecule has 2 atom stereocenters. The van der Waals surface area contributed by atoms with Crippen molar-refractivity contribution in [1.82, 2.24) is 4.90 Å². The van der Waals surface area contributed by atoms with Gasteiger partial charge in [-0.25, -0.2) is 0 Å². The zero-order chi connectivity index (χ0) is 14.3. The summed E-state index contributed by atoms with van der Waals surface area (Å²) in [5.74, 6) is 0.320. The van der Waals surface area contributed by atoms with Crippen molar-refractivity contribution in [3.8, 4) is 5.75 Å². The van der Waals surface area contributed by atoms with Gasteiger partial charge in [-0.05, 0) is 38.1 Å². The third kappa shape index (κ3) is 2.36. The SMILES string of the molecule is CC1CN(C(=O)c2cc3cc(O)ccc3o2)CC(C)O1. The number of nitrogens with zero attached hydrogens (tertiary/aromatic N) is 1. The van der Waals surface area contributed by atoms with Crippen LogP contribution in [0.3, 0.4) is 0 Å². The predicted octanol–water partition coefficient (Wildman–Crippen LogP) is 2.39. The van der Waals surface area contributed by atoms with Gasteiger partial charge in [-0.1, -0.05) is 0 Å². The molecule has 5 nitrogen and oxygen atoms in total. The number of benzene rings is 1. The molecule has 20 heavy (non-hydrogen) atoms. The number of fused-ring (bicyclic) bond motifs is 1. The summed E-state index contributed by atoms with van der Waals surface area (Å²) in [6, 6.07) is 6.45. The van der Waals surface area contributed by atoms with Crippen LogP contribution in [0.15, 0.2) is 28.7 Å². The molecule has 1 saturated heterocycles. The molecule has 1 aliphatic rings. The first-order valence-electron chi connectivity index (χ1n) is 6.70. The van der Waals surface area contributed by atoms with Crippen molar-refractivity contribution in [2.24, 2.45) is 0 Å². The first-order chi connectivity index (χ1) is 9.52. The number of furan rings is 1. The number of hydrogen-bond acceptors (Lipinski definition) is 4. The van der Waals surface area contributed by atoms with E-state index < -0.39 is 0 Å². The Kier molecular flexibility index (Phi) is 3.14. The molecular formula is C15H17NO4. The number of ether oxygens (including phenoxy) is 1. The highest BCUT2D eigenvalue weighted by Gasteiger charge is 2.28. The molecule has 0 bridgehead atoms. The highest BCUT2D eigenvalue weighted by Crippen LogP contribution is 2.25. The van der Waals surface area contributed by atoms with E-state index in [1.807, 2.05) is 13.8 Å². The van der Waals surface area contributed by atoms with Gasteiger partial charge in [0, 0.05) is 18.5 Å². The van der Waals surface area contributed by atoms with Gasteiger partial charge in [-0.2, -0.15) is 0 Å². The normalized spacial score (nSPS) is 23.2. The van der Waals surface area contributed by atoms with E-state index >= 15 is 0 Å². The van der Waals surface area contributed by atoms with Gasteiger partial charge < -0.3 is 19.2 Å². The van der Waals surface area contributed by atoms with Crippen LogP contribution in [0.25, 0.3) is 11.0 Å². The van der Waals surface area contributed by atoms with Crippen LogP contribution in [0.1, 0.15) is 24.4 Å². The van der Waals surface area contributed by atoms with Crippen LogP contribution in [0.5, 0.6) is 5.75 Å². The summed E-state index contributed by atoms with van der Waals surface area (Å²) < 4.78 is 11.2. The Labute approximate surface area is 116 Å². The van der Waals surface area contributed by atoms with Crippen molar-refractivity contribution in [2.75, 3.05) is 13.1 Å². The summed E-state index contributed by atoms with van der Waals surface area (Å²) in [6.45, 7) is 5.02. The number of phenols is 1. The molecule has 106 valence electrons. The number of rotatable bonds is 1. The average molecular weight is 275 g/mol. The first kappa shape index (κ1) is 13.0. The maximum absolute atomic E-state index is 12.5. The molecule has 1 N–H and O–H groups in total. The summed E-state index contributed by atoms with van der Waals surface area (Å²) in [5.41, 5.74) is 0.598. The van der Waals surface area contributed by atoms with Gasteiger partial charge in [0.05, 0.1) is 12.2 Å². The van der Waals surface area contributed by atoms with Crippen molar-refractivity contribution in [1.29, 1.82) is 0 Å². The maximum Gasteiger partial charge on any atom is 0.289 e. The summed E-state index contributed by atoms with van der Waals surface area (Å²) in [6.07, 6.45) is 0.0484. The molecule has 1 aromatic heterocycles. The lowest BCUT2D eigenvalue weighted by Crippen LogP contribution is -2.48. The smallest absolute Gasteiger partial charge is 0.289 e. The first-order valence-corrected chi connectivity index (χ1v) is 6.70. The Morgan fingerprint density at radius 3 is 2.65 bits per heavy atom. The fourth-order valence-corrected chi connectivity index (χ4v) is 2.64. The number of phenolic OH excluding ortho intramolecular Hbond substituents is 1. The Morgan fingerprint density at radius 2 is 1.95 bits per heavy atom. The Balaban J connectivity index is 1.88. The molecule has 2 heterocycles. The molecule has 0 aliphatic carbocycles. The second-order valence-corrected chi connectivity index (χ2v) is 5.30. The molecule has 1 aliphatic heterocycles. The van der Waals surface area contributed by atoms with Crippen molar-refractivity contribution in [3.05, 3.63) is 30.0 Å². The van der Waals surface area contributed by atoms with E-state index in [4.69, 9.17) is 9.15 Å². The van der Waals surface area contributed by atoms with E-state index in [9.17, 15) is 9.90 Å². The van der Waals surface area contributed by atoms with Crippen molar-refractivity contribution >= 4 is 16.9 Å². The van der Waals surface area contributed by atoms with Gasteiger partial charge in [-0.15, -0.1) is 0 Å². The molecule has 1 aromatic carbocycles. The standard InChI is InChI=1S/C15H17NO4/c1-9-7-16(8-10(2)19-9)15(18)14-6-11-5-12(17)3-4-13(11)20-14/h3-6,9-10,17H,7-8H2,1-2H3. The monoisotopic (exact) mass is 275 g/mol. The lowest BCUT2D eigenvalue weighted by molar-refractivity contribution is -0.0591. The number of carbonyl (C=O) groups is 1. The van der Waals surface area contributed by atoms with Gasteiger partial charge in [-0.3, -0.25) is 4.79 Å². The lowest BCUT2D eigenvalue weighted by Gasteiger charge is -2.34. The van der Waals surface area contributed by atoms with Gasteiger partial charge in [0.25, 0.3) is 5.91 Å². The van der Waals surface area contributed by atoms with E-state index in [1.54, 1.807) is 29.2 Å². The average Bonchev–Trinajstić information content (AvgIpc) is 2.79. The molecule has 1 fully saturated rings. The van der Waals surface area contributed by atoms with Gasteiger partial charge in [0.1, 0.15) is 11.3 Å². The molecule has 1 amide bonds.